The Kier molecular flexibility index (Phi) is 7.90. The van der Waals surface area contributed by atoms with Crippen LogP contribution in [-0.2, 0) is 11.3 Å². The summed E-state index contributed by atoms with van der Waals surface area (Å²) in [4.78, 5) is 13.3. The molecule has 1 aromatic carbocycles. The highest BCUT2D eigenvalue weighted by Gasteiger charge is 2.18. The number of nitrogens with one attached hydrogen (secondary N) is 1. The number of hydrogen-bond acceptors (Lipinski definition) is 5. The Balaban J connectivity index is 1.48. The first-order valence-corrected chi connectivity index (χ1v) is 10.5. The second-order valence-corrected chi connectivity index (χ2v) is 7.63. The van der Waals surface area contributed by atoms with Gasteiger partial charge < -0.3 is 24.6 Å². The van der Waals surface area contributed by atoms with Crippen LogP contribution in [0.2, 0.25) is 0 Å². The van der Waals surface area contributed by atoms with Gasteiger partial charge in [-0.05, 0) is 43.7 Å². The van der Waals surface area contributed by atoms with Crippen LogP contribution in [-0.4, -0.2) is 68.9 Å². The molecule has 1 aliphatic heterocycles. The summed E-state index contributed by atoms with van der Waals surface area (Å²) >= 11 is 0. The molecule has 1 N–H and O–H groups in total. The topological polar surface area (TPSA) is 62.2 Å². The lowest BCUT2D eigenvalue weighted by Gasteiger charge is -2.32. The van der Waals surface area contributed by atoms with E-state index in [1.807, 2.05) is 31.4 Å². The summed E-state index contributed by atoms with van der Waals surface area (Å²) in [5.41, 5.74) is 2.40. The minimum absolute atomic E-state index is 0.233. The fraction of sp³-hybridized carbons (Fsp3) is 0.478. The quantitative estimate of drug-likeness (QED) is 0.558. The molecule has 2 heterocycles. The van der Waals surface area contributed by atoms with Crippen molar-refractivity contribution >= 4 is 11.8 Å². The Bertz CT molecular complexity index is 825. The van der Waals surface area contributed by atoms with Crippen molar-refractivity contribution in [2.45, 2.75) is 26.5 Å². The van der Waals surface area contributed by atoms with Crippen molar-refractivity contribution < 1.29 is 9.47 Å². The van der Waals surface area contributed by atoms with Crippen LogP contribution in [0.25, 0.3) is 0 Å². The highest BCUT2D eigenvalue weighted by Crippen LogP contribution is 2.16. The van der Waals surface area contributed by atoms with Gasteiger partial charge in [0.1, 0.15) is 18.2 Å². The molecule has 0 amide bonds. The largest absolute Gasteiger partial charge is 0.492 e. The van der Waals surface area contributed by atoms with Gasteiger partial charge in [-0.25, -0.2) is 4.98 Å². The number of aliphatic imine (C=N–C) groups is 1. The summed E-state index contributed by atoms with van der Waals surface area (Å²) in [6.45, 7) is 8.67. The van der Waals surface area contributed by atoms with Crippen LogP contribution in [0.5, 0.6) is 5.75 Å². The summed E-state index contributed by atoms with van der Waals surface area (Å²) in [7, 11) is 3.81. The van der Waals surface area contributed by atoms with Crippen LogP contribution in [0.1, 0.15) is 18.1 Å². The predicted octanol–water partition coefficient (Wildman–Crippen LogP) is 2.70. The molecule has 1 aromatic heterocycles. The van der Waals surface area contributed by atoms with Gasteiger partial charge in [0.2, 0.25) is 0 Å². The van der Waals surface area contributed by atoms with Gasteiger partial charge in [-0.15, -0.1) is 0 Å². The molecule has 0 saturated carbocycles. The number of nitrogens with zero attached hydrogens (tertiary/aromatic N) is 4. The lowest BCUT2D eigenvalue weighted by Crippen LogP contribution is -2.42. The van der Waals surface area contributed by atoms with Crippen LogP contribution < -0.4 is 15.0 Å². The van der Waals surface area contributed by atoms with Crippen molar-refractivity contribution in [2.75, 3.05) is 51.8 Å². The number of benzene rings is 1. The van der Waals surface area contributed by atoms with Gasteiger partial charge >= 0.3 is 0 Å². The molecule has 7 heteroatoms. The molecule has 0 spiro atoms. The molecule has 0 bridgehead atoms. The van der Waals surface area contributed by atoms with Crippen molar-refractivity contribution in [3.8, 4) is 5.75 Å². The molecule has 0 aliphatic carbocycles. The molecule has 7 nitrogen and oxygen atoms in total. The van der Waals surface area contributed by atoms with Crippen molar-refractivity contribution in [3.05, 3.63) is 53.7 Å². The number of aromatic nitrogens is 1. The number of likely N-dealkylation sites (N-methyl/N-ethyl adjacent to an activating group) is 1. The average molecular weight is 412 g/mol. The molecule has 162 valence electrons. The zero-order chi connectivity index (χ0) is 21.3. The Labute approximate surface area is 179 Å². The highest BCUT2D eigenvalue weighted by molar-refractivity contribution is 5.79. The van der Waals surface area contributed by atoms with E-state index >= 15 is 0 Å². The fourth-order valence-corrected chi connectivity index (χ4v) is 3.38. The molecule has 30 heavy (non-hydrogen) atoms. The monoisotopic (exact) mass is 411 g/mol. The molecule has 1 fully saturated rings. The first-order valence-electron chi connectivity index (χ1n) is 10.5. The van der Waals surface area contributed by atoms with E-state index in [1.165, 1.54) is 11.1 Å². The smallest absolute Gasteiger partial charge is 0.193 e. The van der Waals surface area contributed by atoms with E-state index in [9.17, 15) is 0 Å². The maximum Gasteiger partial charge on any atom is 0.193 e. The first kappa shape index (κ1) is 21.9. The Morgan fingerprint density at radius 1 is 1.33 bits per heavy atom. The number of hydrogen-bond donors (Lipinski definition) is 1. The summed E-state index contributed by atoms with van der Waals surface area (Å²) in [6.07, 6.45) is 2.10. The third-order valence-corrected chi connectivity index (χ3v) is 5.12. The maximum absolute atomic E-state index is 5.83. The number of anilines is 1. The number of rotatable bonds is 7. The van der Waals surface area contributed by atoms with Gasteiger partial charge in [-0.2, -0.15) is 0 Å². The van der Waals surface area contributed by atoms with Gasteiger partial charge in [-0.3, -0.25) is 4.99 Å². The van der Waals surface area contributed by atoms with E-state index in [2.05, 4.69) is 57.1 Å². The van der Waals surface area contributed by atoms with E-state index in [-0.39, 0.29) is 6.10 Å². The normalized spacial score (nSPS) is 17.0. The molecule has 0 radical (unpaired) electrons. The molecule has 1 saturated heterocycles. The highest BCUT2D eigenvalue weighted by atomic mass is 16.5. The zero-order valence-electron chi connectivity index (χ0n) is 18.5. The Morgan fingerprint density at radius 2 is 2.13 bits per heavy atom. The minimum atomic E-state index is 0.233. The summed E-state index contributed by atoms with van der Waals surface area (Å²) in [5, 5.41) is 3.43. The van der Waals surface area contributed by atoms with E-state index in [0.29, 0.717) is 13.2 Å². The number of aryl methyl sites for hydroxylation is 1. The maximum atomic E-state index is 5.83. The number of pyridine rings is 1. The fourth-order valence-electron chi connectivity index (χ4n) is 3.38. The van der Waals surface area contributed by atoms with E-state index in [1.54, 1.807) is 7.05 Å². The number of guanidine groups is 1. The van der Waals surface area contributed by atoms with Crippen LogP contribution in [0.15, 0.2) is 47.6 Å². The molecule has 1 unspecified atom stereocenters. The number of ether oxygens (including phenoxy) is 2. The Morgan fingerprint density at radius 3 is 2.87 bits per heavy atom. The van der Waals surface area contributed by atoms with Gasteiger partial charge in [0, 0.05) is 39.9 Å². The molecule has 1 atom stereocenters. The van der Waals surface area contributed by atoms with Gasteiger partial charge in [-0.1, -0.05) is 17.7 Å². The van der Waals surface area contributed by atoms with E-state index < -0.39 is 0 Å². The van der Waals surface area contributed by atoms with Gasteiger partial charge in [0.05, 0.1) is 19.3 Å². The van der Waals surface area contributed by atoms with E-state index in [0.717, 1.165) is 43.8 Å². The summed E-state index contributed by atoms with van der Waals surface area (Å²) < 4.78 is 11.5. The van der Waals surface area contributed by atoms with Crippen molar-refractivity contribution in [2.24, 2.45) is 4.99 Å². The lowest BCUT2D eigenvalue weighted by atomic mass is 10.2. The second-order valence-electron chi connectivity index (χ2n) is 7.63. The average Bonchev–Trinajstić information content (AvgIpc) is 2.76. The van der Waals surface area contributed by atoms with Crippen LogP contribution in [0.4, 0.5) is 5.82 Å². The predicted molar refractivity (Wildman–Crippen MR) is 121 cm³/mol. The summed E-state index contributed by atoms with van der Waals surface area (Å²) in [6, 6.07) is 12.3. The van der Waals surface area contributed by atoms with Gasteiger partial charge in [0.15, 0.2) is 5.96 Å². The summed E-state index contributed by atoms with van der Waals surface area (Å²) in [5.74, 6) is 2.72. The van der Waals surface area contributed by atoms with Crippen molar-refractivity contribution in [3.63, 3.8) is 0 Å². The SMILES string of the molecule is CN=C(NCc1ccnc(N2CCOC(C)C2)c1)N(C)CCOc1ccc(C)cc1. The third-order valence-electron chi connectivity index (χ3n) is 5.12. The van der Waals surface area contributed by atoms with Crippen molar-refractivity contribution in [1.29, 1.82) is 0 Å². The van der Waals surface area contributed by atoms with Crippen LogP contribution in [0.3, 0.4) is 0 Å². The number of morpholine rings is 1. The van der Waals surface area contributed by atoms with Crippen LogP contribution >= 0.6 is 0 Å². The van der Waals surface area contributed by atoms with Crippen LogP contribution in [0, 0.1) is 6.92 Å². The molecule has 3 rings (SSSR count). The zero-order valence-corrected chi connectivity index (χ0v) is 18.5. The first-order chi connectivity index (χ1) is 14.5. The third kappa shape index (κ3) is 6.35. The minimum Gasteiger partial charge on any atom is -0.492 e. The molecule has 1 aliphatic rings. The Hall–Kier alpha value is -2.80. The van der Waals surface area contributed by atoms with Crippen molar-refractivity contribution in [1.82, 2.24) is 15.2 Å². The van der Waals surface area contributed by atoms with Gasteiger partial charge in [0.25, 0.3) is 0 Å². The van der Waals surface area contributed by atoms with E-state index in [4.69, 9.17) is 9.47 Å². The second kappa shape index (κ2) is 10.8. The lowest BCUT2D eigenvalue weighted by molar-refractivity contribution is 0.0529. The standard InChI is InChI=1S/C23H33N5O2/c1-18-5-7-21(8-6-18)30-13-11-27(4)23(24-3)26-16-20-9-10-25-22(15-20)28-12-14-29-19(2)17-28/h5-10,15,19H,11-14,16-17H2,1-4H3,(H,24,26). The molecular weight excluding hydrogens is 378 g/mol. The molecule has 2 aromatic rings. The molecular formula is C23H33N5O2.